The van der Waals surface area contributed by atoms with Crippen molar-refractivity contribution in [3.63, 3.8) is 0 Å². The third kappa shape index (κ3) is 5.83. The van der Waals surface area contributed by atoms with Gasteiger partial charge in [0.2, 0.25) is 0 Å². The highest BCUT2D eigenvalue weighted by molar-refractivity contribution is 5.94. The largest absolute Gasteiger partial charge is 0.356 e. The minimum atomic E-state index is -0.00826. The van der Waals surface area contributed by atoms with Crippen LogP contribution < -0.4 is 16.0 Å². The molecule has 3 rings (SSSR count). The van der Waals surface area contributed by atoms with Crippen molar-refractivity contribution in [3.8, 4) is 0 Å². The summed E-state index contributed by atoms with van der Waals surface area (Å²) in [6.07, 6.45) is 4.50. The van der Waals surface area contributed by atoms with Crippen LogP contribution in [0.1, 0.15) is 54.1 Å². The van der Waals surface area contributed by atoms with Crippen LogP contribution in [0.3, 0.4) is 0 Å². The van der Waals surface area contributed by atoms with Crippen molar-refractivity contribution in [2.24, 2.45) is 4.99 Å². The Labute approximate surface area is 174 Å². The molecule has 0 aliphatic heterocycles. The first-order valence-electron chi connectivity index (χ1n) is 10.5. The number of nitrogens with one attached hydrogen (secondary N) is 3. The number of benzene rings is 2. The van der Waals surface area contributed by atoms with Crippen molar-refractivity contribution >= 4 is 11.9 Å². The second-order valence-electron chi connectivity index (χ2n) is 7.73. The van der Waals surface area contributed by atoms with Crippen molar-refractivity contribution in [3.05, 3.63) is 71.3 Å². The first kappa shape index (κ1) is 20.9. The second kappa shape index (κ2) is 10.1. The second-order valence-corrected chi connectivity index (χ2v) is 7.73. The number of carbonyl (C=O) groups excluding carboxylic acids is 1. The van der Waals surface area contributed by atoms with E-state index in [4.69, 9.17) is 0 Å². The normalized spacial score (nSPS) is 14.9. The Morgan fingerprint density at radius 1 is 1.00 bits per heavy atom. The lowest BCUT2D eigenvalue weighted by Gasteiger charge is -2.19. The number of guanidine groups is 1. The Morgan fingerprint density at radius 3 is 2.34 bits per heavy atom. The molecule has 1 aliphatic rings. The van der Waals surface area contributed by atoms with Gasteiger partial charge in [-0.3, -0.25) is 9.79 Å². The molecule has 1 saturated carbocycles. The van der Waals surface area contributed by atoms with Crippen LogP contribution in [0, 0.1) is 0 Å². The molecule has 0 unspecified atom stereocenters. The number of hydrogen-bond donors (Lipinski definition) is 3. The van der Waals surface area contributed by atoms with Crippen LogP contribution in [0.2, 0.25) is 0 Å². The quantitative estimate of drug-likeness (QED) is 0.347. The first-order valence-corrected chi connectivity index (χ1v) is 10.5. The van der Waals surface area contributed by atoms with E-state index in [0.29, 0.717) is 12.1 Å². The van der Waals surface area contributed by atoms with E-state index >= 15 is 0 Å². The van der Waals surface area contributed by atoms with Gasteiger partial charge < -0.3 is 16.0 Å². The summed E-state index contributed by atoms with van der Waals surface area (Å²) in [5, 5.41) is 9.79. The maximum atomic E-state index is 12.1. The lowest BCUT2D eigenvalue weighted by Crippen LogP contribution is -2.40. The maximum absolute atomic E-state index is 12.1. The van der Waals surface area contributed by atoms with Gasteiger partial charge in [-0.1, -0.05) is 55.8 Å². The molecule has 0 heterocycles. The first-order chi connectivity index (χ1) is 14.2. The van der Waals surface area contributed by atoms with Crippen molar-refractivity contribution in [1.82, 2.24) is 16.0 Å². The predicted molar refractivity (Wildman–Crippen MR) is 119 cm³/mol. The van der Waals surface area contributed by atoms with Crippen molar-refractivity contribution in [2.45, 2.75) is 44.6 Å². The Balaban J connectivity index is 1.47. The van der Waals surface area contributed by atoms with Gasteiger partial charge in [0.15, 0.2) is 5.96 Å². The van der Waals surface area contributed by atoms with Crippen LogP contribution >= 0.6 is 0 Å². The smallest absolute Gasteiger partial charge is 0.251 e. The van der Waals surface area contributed by atoms with E-state index in [1.165, 1.54) is 18.4 Å². The minimum absolute atomic E-state index is 0.00826. The minimum Gasteiger partial charge on any atom is -0.356 e. The molecule has 3 N–H and O–H groups in total. The average molecular weight is 393 g/mol. The predicted octanol–water partition coefficient (Wildman–Crippen LogP) is 3.61. The van der Waals surface area contributed by atoms with E-state index in [2.05, 4.69) is 58.2 Å². The van der Waals surface area contributed by atoms with Crippen LogP contribution in [0.25, 0.3) is 0 Å². The lowest BCUT2D eigenvalue weighted by atomic mass is 9.96. The Kier molecular flexibility index (Phi) is 7.28. The van der Waals surface area contributed by atoms with Crippen LogP contribution in [0.4, 0.5) is 0 Å². The van der Waals surface area contributed by atoms with Crippen LogP contribution in [0.5, 0.6) is 0 Å². The zero-order chi connectivity index (χ0) is 20.5. The molecule has 5 heteroatoms. The molecule has 1 amide bonds. The molecular formula is C24H32N4O. The number of carbonyl (C=O) groups is 1. The molecule has 0 spiro atoms. The molecular weight excluding hydrogens is 360 g/mol. The number of nitrogens with zero attached hydrogens (tertiary/aromatic N) is 1. The summed E-state index contributed by atoms with van der Waals surface area (Å²) >= 11 is 0. The van der Waals surface area contributed by atoms with Gasteiger partial charge in [0, 0.05) is 37.7 Å². The maximum Gasteiger partial charge on any atom is 0.251 e. The molecule has 0 saturated heterocycles. The van der Waals surface area contributed by atoms with E-state index in [9.17, 15) is 4.79 Å². The molecule has 1 aliphatic carbocycles. The van der Waals surface area contributed by atoms with Gasteiger partial charge in [-0.15, -0.1) is 0 Å². The van der Waals surface area contributed by atoms with Gasteiger partial charge in [0.05, 0.1) is 0 Å². The SMILES string of the molecule is CCCCNC(=O)c1ccc(CNC(=NC)NCC2(c3ccccc3)CC2)cc1. The lowest BCUT2D eigenvalue weighted by molar-refractivity contribution is 0.0953. The number of unbranched alkanes of at least 4 members (excludes halogenated alkanes) is 1. The molecule has 29 heavy (non-hydrogen) atoms. The highest BCUT2D eigenvalue weighted by Crippen LogP contribution is 2.47. The molecule has 0 bridgehead atoms. The van der Waals surface area contributed by atoms with E-state index in [1.807, 2.05) is 24.3 Å². The fraction of sp³-hybridized carbons (Fsp3) is 0.417. The fourth-order valence-electron chi connectivity index (χ4n) is 3.42. The summed E-state index contributed by atoms with van der Waals surface area (Å²) in [5.74, 6) is 0.791. The van der Waals surface area contributed by atoms with E-state index < -0.39 is 0 Å². The molecule has 2 aromatic carbocycles. The zero-order valence-corrected chi connectivity index (χ0v) is 17.5. The van der Waals surface area contributed by atoms with Crippen LogP contribution in [-0.4, -0.2) is 32.0 Å². The summed E-state index contributed by atoms with van der Waals surface area (Å²) in [6.45, 7) is 4.39. The molecule has 0 atom stereocenters. The third-order valence-corrected chi connectivity index (χ3v) is 5.55. The topological polar surface area (TPSA) is 65.5 Å². The molecule has 1 fully saturated rings. The summed E-state index contributed by atoms with van der Waals surface area (Å²) in [5.41, 5.74) is 3.45. The number of rotatable bonds is 9. The van der Waals surface area contributed by atoms with Crippen molar-refractivity contribution in [1.29, 1.82) is 0 Å². The van der Waals surface area contributed by atoms with Gasteiger partial charge in [-0.05, 0) is 42.5 Å². The third-order valence-electron chi connectivity index (χ3n) is 5.55. The van der Waals surface area contributed by atoms with Gasteiger partial charge in [-0.2, -0.15) is 0 Å². The Morgan fingerprint density at radius 2 is 1.72 bits per heavy atom. The monoisotopic (exact) mass is 392 g/mol. The highest BCUT2D eigenvalue weighted by atomic mass is 16.1. The molecule has 154 valence electrons. The van der Waals surface area contributed by atoms with Gasteiger partial charge in [0.25, 0.3) is 5.91 Å². The zero-order valence-electron chi connectivity index (χ0n) is 17.5. The van der Waals surface area contributed by atoms with E-state index in [-0.39, 0.29) is 11.3 Å². The summed E-state index contributed by atoms with van der Waals surface area (Å²) in [7, 11) is 1.79. The molecule has 0 radical (unpaired) electrons. The summed E-state index contributed by atoms with van der Waals surface area (Å²) < 4.78 is 0. The fourth-order valence-corrected chi connectivity index (χ4v) is 3.42. The average Bonchev–Trinajstić information content (AvgIpc) is 3.56. The van der Waals surface area contributed by atoms with E-state index in [1.54, 1.807) is 7.05 Å². The van der Waals surface area contributed by atoms with Gasteiger partial charge in [-0.25, -0.2) is 0 Å². The Hall–Kier alpha value is -2.82. The van der Waals surface area contributed by atoms with Crippen molar-refractivity contribution < 1.29 is 4.79 Å². The highest BCUT2D eigenvalue weighted by Gasteiger charge is 2.43. The standard InChI is InChI=1S/C24H32N4O/c1-3-4-16-26-22(29)20-12-10-19(11-13-20)17-27-23(25-2)28-18-24(14-15-24)21-8-6-5-7-9-21/h5-13H,3-4,14-18H2,1-2H3,(H,26,29)(H2,25,27,28). The van der Waals surface area contributed by atoms with Gasteiger partial charge >= 0.3 is 0 Å². The number of aliphatic imine (C=N–C) groups is 1. The van der Waals surface area contributed by atoms with Crippen LogP contribution in [0.15, 0.2) is 59.6 Å². The van der Waals surface area contributed by atoms with Crippen molar-refractivity contribution in [2.75, 3.05) is 20.1 Å². The number of hydrogen-bond acceptors (Lipinski definition) is 2. The molecule has 2 aromatic rings. The Bertz CT molecular complexity index is 811. The summed E-state index contributed by atoms with van der Waals surface area (Å²) in [6, 6.07) is 18.4. The molecule has 5 nitrogen and oxygen atoms in total. The van der Waals surface area contributed by atoms with Crippen LogP contribution in [-0.2, 0) is 12.0 Å². The number of amides is 1. The van der Waals surface area contributed by atoms with Gasteiger partial charge in [0.1, 0.15) is 0 Å². The molecule has 0 aromatic heterocycles. The summed E-state index contributed by atoms with van der Waals surface area (Å²) in [4.78, 5) is 16.4. The van der Waals surface area contributed by atoms with E-state index in [0.717, 1.165) is 37.5 Å².